The molecule has 1 heterocycles. The Hall–Kier alpha value is -0.610. The normalized spacial score (nSPS) is 18.2. The number of benzene rings is 1. The number of hydrogen-bond donors (Lipinski definition) is 1. The van der Waals surface area contributed by atoms with Gasteiger partial charge in [-0.05, 0) is 24.3 Å². The summed E-state index contributed by atoms with van der Waals surface area (Å²) in [6, 6.07) is 8.26. The van der Waals surface area contributed by atoms with Crippen LogP contribution in [0.5, 0.6) is 0 Å². The van der Waals surface area contributed by atoms with E-state index < -0.39 is 0 Å². The highest BCUT2D eigenvalue weighted by molar-refractivity contribution is 8.01. The first kappa shape index (κ1) is 11.9. The van der Waals surface area contributed by atoms with Gasteiger partial charge in [0.1, 0.15) is 0 Å². The van der Waals surface area contributed by atoms with Crippen molar-refractivity contribution >= 4 is 29.4 Å². The summed E-state index contributed by atoms with van der Waals surface area (Å²) in [5, 5.41) is 3.05. The smallest absolute Gasteiger partial charge is 0.233 e. The van der Waals surface area contributed by atoms with E-state index in [-0.39, 0.29) is 11.2 Å². The van der Waals surface area contributed by atoms with E-state index in [1.165, 1.54) is 10.5 Å². The third-order valence-corrected chi connectivity index (χ3v) is 4.47. The molecule has 86 valence electrons. The van der Waals surface area contributed by atoms with E-state index in [0.29, 0.717) is 0 Å². The van der Waals surface area contributed by atoms with Crippen LogP contribution in [-0.4, -0.2) is 29.7 Å². The van der Waals surface area contributed by atoms with Gasteiger partial charge in [-0.3, -0.25) is 4.79 Å². The molecule has 1 aliphatic rings. The van der Waals surface area contributed by atoms with Crippen LogP contribution >= 0.6 is 23.5 Å². The van der Waals surface area contributed by atoms with Crippen molar-refractivity contribution in [1.29, 1.82) is 0 Å². The number of rotatable bonds is 4. The second kappa shape index (κ2) is 5.64. The maximum Gasteiger partial charge on any atom is 0.233 e. The van der Waals surface area contributed by atoms with Crippen LogP contribution in [0.25, 0.3) is 0 Å². The van der Waals surface area contributed by atoms with Gasteiger partial charge in [0.2, 0.25) is 5.91 Å². The molecule has 1 aromatic rings. The molecule has 2 rings (SSSR count). The molecule has 0 spiro atoms. The number of amides is 1. The number of carbonyl (C=O) groups excluding carboxylic acids is 1. The molecule has 1 N–H and O–H groups in total. The van der Waals surface area contributed by atoms with Crippen LogP contribution in [0.3, 0.4) is 0 Å². The van der Waals surface area contributed by atoms with E-state index in [1.807, 2.05) is 18.4 Å². The fourth-order valence-corrected chi connectivity index (χ4v) is 3.24. The van der Waals surface area contributed by atoms with Crippen molar-refractivity contribution in [1.82, 2.24) is 5.32 Å². The Bertz CT molecular complexity index is 356. The van der Waals surface area contributed by atoms with Crippen molar-refractivity contribution in [2.75, 3.05) is 18.6 Å². The third kappa shape index (κ3) is 2.74. The summed E-state index contributed by atoms with van der Waals surface area (Å²) in [5.74, 6) is 1.16. The summed E-state index contributed by atoms with van der Waals surface area (Å²) in [4.78, 5) is 13.1. The Morgan fingerprint density at radius 1 is 1.56 bits per heavy atom. The number of fused-ring (bicyclic) bond motifs is 1. The van der Waals surface area contributed by atoms with Gasteiger partial charge in [0, 0.05) is 17.2 Å². The van der Waals surface area contributed by atoms with Gasteiger partial charge in [-0.25, -0.2) is 0 Å². The van der Waals surface area contributed by atoms with Crippen molar-refractivity contribution < 1.29 is 4.79 Å². The van der Waals surface area contributed by atoms with Crippen molar-refractivity contribution in [2.24, 2.45) is 0 Å². The minimum absolute atomic E-state index is 0.0688. The molecule has 0 aromatic heterocycles. The van der Waals surface area contributed by atoms with Gasteiger partial charge in [0.05, 0.1) is 5.25 Å². The highest BCUT2D eigenvalue weighted by Gasteiger charge is 2.27. The van der Waals surface area contributed by atoms with Gasteiger partial charge < -0.3 is 5.32 Å². The van der Waals surface area contributed by atoms with Crippen LogP contribution in [0.1, 0.15) is 5.56 Å². The van der Waals surface area contributed by atoms with Crippen molar-refractivity contribution in [3.8, 4) is 0 Å². The molecule has 0 saturated heterocycles. The van der Waals surface area contributed by atoms with E-state index in [0.717, 1.165) is 18.7 Å². The van der Waals surface area contributed by atoms with Gasteiger partial charge in [-0.2, -0.15) is 11.8 Å². The van der Waals surface area contributed by atoms with Gasteiger partial charge >= 0.3 is 0 Å². The molecule has 4 heteroatoms. The first-order chi connectivity index (χ1) is 7.81. The zero-order valence-corrected chi connectivity index (χ0v) is 10.9. The van der Waals surface area contributed by atoms with Crippen LogP contribution in [0.2, 0.25) is 0 Å². The molecule has 0 bridgehead atoms. The molecule has 0 fully saturated rings. The Morgan fingerprint density at radius 3 is 3.12 bits per heavy atom. The highest BCUT2D eigenvalue weighted by atomic mass is 32.2. The summed E-state index contributed by atoms with van der Waals surface area (Å²) in [7, 11) is 0. The number of thioether (sulfide) groups is 2. The average Bonchev–Trinajstić information content (AvgIpc) is 2.73. The maximum atomic E-state index is 11.8. The third-order valence-electron chi connectivity index (χ3n) is 2.54. The molecule has 0 radical (unpaired) electrons. The summed E-state index contributed by atoms with van der Waals surface area (Å²) in [6.07, 6.45) is 2.91. The lowest BCUT2D eigenvalue weighted by Gasteiger charge is -2.08. The predicted octanol–water partition coefficient (Wildman–Crippen LogP) is 2.18. The summed E-state index contributed by atoms with van der Waals surface area (Å²) in [5.41, 5.74) is 1.30. The molecule has 0 aliphatic carbocycles. The summed E-state index contributed by atoms with van der Waals surface area (Å²) in [6.45, 7) is 0.771. The van der Waals surface area contributed by atoms with E-state index in [4.69, 9.17) is 0 Å². The first-order valence-corrected chi connectivity index (χ1v) is 7.60. The van der Waals surface area contributed by atoms with Crippen LogP contribution in [-0.2, 0) is 11.2 Å². The topological polar surface area (TPSA) is 29.1 Å². The Balaban J connectivity index is 1.88. The first-order valence-electron chi connectivity index (χ1n) is 5.32. The molecule has 1 aliphatic heterocycles. The fourth-order valence-electron chi connectivity index (χ4n) is 1.72. The summed E-state index contributed by atoms with van der Waals surface area (Å²) >= 11 is 3.44. The van der Waals surface area contributed by atoms with Crippen LogP contribution in [0.4, 0.5) is 0 Å². The quantitative estimate of drug-likeness (QED) is 0.834. The second-order valence-corrected chi connectivity index (χ2v) is 5.93. The van der Waals surface area contributed by atoms with E-state index in [1.54, 1.807) is 23.5 Å². The second-order valence-electron chi connectivity index (χ2n) is 3.70. The van der Waals surface area contributed by atoms with Crippen molar-refractivity contribution in [3.63, 3.8) is 0 Å². The van der Waals surface area contributed by atoms with Crippen LogP contribution in [0.15, 0.2) is 29.2 Å². The molecule has 1 amide bonds. The van der Waals surface area contributed by atoms with Gasteiger partial charge in [-0.1, -0.05) is 18.2 Å². The highest BCUT2D eigenvalue weighted by Crippen LogP contribution is 2.36. The molecule has 1 aromatic carbocycles. The molecular formula is C12H15NOS2. The molecule has 1 atom stereocenters. The Kier molecular flexibility index (Phi) is 4.18. The molecule has 2 nitrogen and oxygen atoms in total. The lowest BCUT2D eigenvalue weighted by molar-refractivity contribution is -0.120. The van der Waals surface area contributed by atoms with Crippen molar-refractivity contribution in [2.45, 2.75) is 16.6 Å². The largest absolute Gasteiger partial charge is 0.354 e. The lowest BCUT2D eigenvalue weighted by atomic mass is 10.1. The molecule has 1 unspecified atom stereocenters. The molecular weight excluding hydrogens is 238 g/mol. The van der Waals surface area contributed by atoms with Crippen molar-refractivity contribution in [3.05, 3.63) is 29.8 Å². The van der Waals surface area contributed by atoms with E-state index >= 15 is 0 Å². The maximum absolute atomic E-state index is 11.8. The lowest BCUT2D eigenvalue weighted by Crippen LogP contribution is -2.33. The van der Waals surface area contributed by atoms with E-state index in [2.05, 4.69) is 17.4 Å². The summed E-state index contributed by atoms with van der Waals surface area (Å²) < 4.78 is 0. The average molecular weight is 253 g/mol. The molecule has 0 saturated carbocycles. The zero-order valence-electron chi connectivity index (χ0n) is 9.23. The van der Waals surface area contributed by atoms with Crippen LogP contribution < -0.4 is 5.32 Å². The fraction of sp³-hybridized carbons (Fsp3) is 0.417. The van der Waals surface area contributed by atoms with Crippen LogP contribution in [0, 0.1) is 0 Å². The molecule has 16 heavy (non-hydrogen) atoms. The minimum Gasteiger partial charge on any atom is -0.354 e. The number of nitrogens with one attached hydrogen (secondary N) is 1. The standard InChI is InChI=1S/C12H15NOS2/c1-15-7-6-13-12(14)11-8-9-4-2-3-5-10(9)16-11/h2-5,11H,6-8H2,1H3,(H,13,14). The monoisotopic (exact) mass is 253 g/mol. The Labute approximate surface area is 105 Å². The Morgan fingerprint density at radius 2 is 2.38 bits per heavy atom. The van der Waals surface area contributed by atoms with Gasteiger partial charge in [-0.15, -0.1) is 11.8 Å². The van der Waals surface area contributed by atoms with Gasteiger partial charge in [0.25, 0.3) is 0 Å². The predicted molar refractivity (Wildman–Crippen MR) is 71.2 cm³/mol. The minimum atomic E-state index is 0.0688. The number of carbonyl (C=O) groups is 1. The SMILES string of the molecule is CSCCNC(=O)C1Cc2ccccc2S1. The van der Waals surface area contributed by atoms with Gasteiger partial charge in [0.15, 0.2) is 0 Å². The van der Waals surface area contributed by atoms with E-state index in [9.17, 15) is 4.79 Å². The number of hydrogen-bond acceptors (Lipinski definition) is 3. The zero-order chi connectivity index (χ0) is 11.4.